The Balaban J connectivity index is 1.89. The van der Waals surface area contributed by atoms with Gasteiger partial charge in [0.05, 0.1) is 21.8 Å². The molecule has 2 aromatic carbocycles. The Labute approximate surface area is 175 Å². The normalized spacial score (nSPS) is 12.4. The van der Waals surface area contributed by atoms with Crippen molar-refractivity contribution < 1.29 is 9.53 Å². The summed E-state index contributed by atoms with van der Waals surface area (Å²) in [5.41, 5.74) is 3.44. The van der Waals surface area contributed by atoms with Gasteiger partial charge in [-0.1, -0.05) is 47.2 Å². The highest BCUT2D eigenvalue weighted by Gasteiger charge is 2.17. The lowest BCUT2D eigenvalue weighted by Crippen LogP contribution is -2.19. The zero-order chi connectivity index (χ0) is 19.8. The Hall–Kier alpha value is -1.99. The Bertz CT molecular complexity index is 1270. The van der Waals surface area contributed by atoms with Crippen LogP contribution in [0.25, 0.3) is 20.3 Å². The second-order valence-corrected chi connectivity index (χ2v) is 9.03. The predicted molar refractivity (Wildman–Crippen MR) is 118 cm³/mol. The number of hydrogen-bond donors (Lipinski definition) is 0. The quantitative estimate of drug-likeness (QED) is 0.424. The fourth-order valence-corrected chi connectivity index (χ4v) is 5.79. The van der Waals surface area contributed by atoms with E-state index in [4.69, 9.17) is 16.3 Å². The first-order valence-electron chi connectivity index (χ1n) is 8.85. The number of carbonyl (C=O) groups is 1. The molecule has 2 heterocycles. The third kappa shape index (κ3) is 3.42. The molecule has 0 fully saturated rings. The van der Waals surface area contributed by atoms with Crippen molar-refractivity contribution >= 4 is 60.5 Å². The minimum absolute atomic E-state index is 0.307. The fourth-order valence-electron chi connectivity index (χ4n) is 3.29. The lowest BCUT2D eigenvalue weighted by Gasteiger charge is -2.06. The van der Waals surface area contributed by atoms with Crippen molar-refractivity contribution in [3.63, 3.8) is 0 Å². The molecule has 2 aromatic heterocycles. The highest BCUT2D eigenvalue weighted by atomic mass is 35.5. The van der Waals surface area contributed by atoms with Gasteiger partial charge >= 0.3 is 0 Å². The van der Waals surface area contributed by atoms with Crippen molar-refractivity contribution in [2.24, 2.45) is 4.99 Å². The molecule has 0 aliphatic carbocycles. The predicted octanol–water partition coefficient (Wildman–Crippen LogP) is 5.58. The monoisotopic (exact) mass is 430 g/mol. The number of aromatic nitrogens is 1. The third-order valence-corrected chi connectivity index (χ3v) is 7.45. The molecule has 0 aliphatic rings. The highest BCUT2D eigenvalue weighted by molar-refractivity contribution is 7.21. The average Bonchev–Trinajstić information content (AvgIpc) is 3.18. The molecule has 0 atom stereocenters. The van der Waals surface area contributed by atoms with Crippen LogP contribution in [0.1, 0.15) is 20.8 Å². The zero-order valence-corrected chi connectivity index (χ0v) is 18.2. The Kier molecular flexibility index (Phi) is 5.38. The SMILES string of the molecule is COCCn1c(=NC(=O)c2sc3ccccc3c2Cl)sc2c(C)cc(C)cc21. The number of carbonyl (C=O) groups excluding carboxylic acids is 1. The average molecular weight is 431 g/mol. The Morgan fingerprint density at radius 1 is 1.21 bits per heavy atom. The molecule has 0 saturated carbocycles. The van der Waals surface area contributed by atoms with E-state index in [1.54, 1.807) is 7.11 Å². The fraction of sp³-hybridized carbons (Fsp3) is 0.238. The molecule has 4 aromatic rings. The number of methoxy groups -OCH3 is 1. The molecule has 0 aliphatic heterocycles. The summed E-state index contributed by atoms with van der Waals surface area (Å²) in [5, 5.41) is 1.37. The largest absolute Gasteiger partial charge is 0.383 e. The first-order chi connectivity index (χ1) is 13.5. The standard InChI is InChI=1S/C21H19ClN2O2S2/c1-12-10-13(2)18-15(11-12)24(8-9-26-3)21(28-18)23-20(25)19-17(22)14-6-4-5-7-16(14)27-19/h4-7,10-11H,8-9H2,1-3H3. The summed E-state index contributed by atoms with van der Waals surface area (Å²) in [7, 11) is 1.67. The van der Waals surface area contributed by atoms with E-state index in [2.05, 4.69) is 35.5 Å². The number of rotatable bonds is 4. The van der Waals surface area contributed by atoms with E-state index >= 15 is 0 Å². The number of ether oxygens (including phenoxy) is 1. The van der Waals surface area contributed by atoms with Gasteiger partial charge in [0.1, 0.15) is 4.88 Å². The molecule has 0 saturated heterocycles. The number of benzene rings is 2. The van der Waals surface area contributed by atoms with Crippen LogP contribution >= 0.6 is 34.3 Å². The van der Waals surface area contributed by atoms with E-state index in [1.807, 2.05) is 24.3 Å². The number of aryl methyl sites for hydroxylation is 2. The van der Waals surface area contributed by atoms with Crippen LogP contribution in [-0.4, -0.2) is 24.2 Å². The van der Waals surface area contributed by atoms with Crippen molar-refractivity contribution in [2.45, 2.75) is 20.4 Å². The molecule has 0 N–H and O–H groups in total. The number of hydrogen-bond acceptors (Lipinski definition) is 4. The molecule has 28 heavy (non-hydrogen) atoms. The van der Waals surface area contributed by atoms with E-state index in [-0.39, 0.29) is 5.91 Å². The minimum atomic E-state index is -0.307. The maximum Gasteiger partial charge on any atom is 0.291 e. The minimum Gasteiger partial charge on any atom is -0.383 e. The number of thiophene rings is 1. The van der Waals surface area contributed by atoms with Crippen molar-refractivity contribution in [1.82, 2.24) is 4.57 Å². The van der Waals surface area contributed by atoms with Crippen LogP contribution in [0.2, 0.25) is 5.02 Å². The summed E-state index contributed by atoms with van der Waals surface area (Å²) in [6.45, 7) is 5.33. The van der Waals surface area contributed by atoms with E-state index in [0.29, 0.717) is 27.9 Å². The molecule has 7 heteroatoms. The maximum absolute atomic E-state index is 13.0. The first-order valence-corrected chi connectivity index (χ1v) is 10.9. The van der Waals surface area contributed by atoms with Gasteiger partial charge in [-0.3, -0.25) is 4.79 Å². The molecule has 1 amide bonds. The van der Waals surface area contributed by atoms with Crippen LogP contribution in [0.15, 0.2) is 41.4 Å². The van der Waals surface area contributed by atoms with Crippen molar-refractivity contribution in [2.75, 3.05) is 13.7 Å². The van der Waals surface area contributed by atoms with E-state index in [0.717, 1.165) is 20.3 Å². The Morgan fingerprint density at radius 3 is 2.75 bits per heavy atom. The van der Waals surface area contributed by atoms with Gasteiger partial charge in [0.15, 0.2) is 4.80 Å². The lowest BCUT2D eigenvalue weighted by atomic mass is 10.1. The van der Waals surface area contributed by atoms with Gasteiger partial charge in [-0.25, -0.2) is 0 Å². The molecular formula is C21H19ClN2O2S2. The van der Waals surface area contributed by atoms with Crippen LogP contribution in [0.3, 0.4) is 0 Å². The third-order valence-electron chi connectivity index (χ3n) is 4.56. The molecule has 0 radical (unpaired) electrons. The summed E-state index contributed by atoms with van der Waals surface area (Å²) in [6, 6.07) is 12.0. The van der Waals surface area contributed by atoms with Crippen molar-refractivity contribution in [1.29, 1.82) is 0 Å². The summed E-state index contributed by atoms with van der Waals surface area (Å²) in [6.07, 6.45) is 0. The Morgan fingerprint density at radius 2 is 2.00 bits per heavy atom. The summed E-state index contributed by atoms with van der Waals surface area (Å²) >= 11 is 9.38. The number of thiazole rings is 1. The van der Waals surface area contributed by atoms with Gasteiger partial charge in [0.25, 0.3) is 5.91 Å². The van der Waals surface area contributed by atoms with Crippen LogP contribution < -0.4 is 4.80 Å². The molecule has 0 unspecified atom stereocenters. The van der Waals surface area contributed by atoms with E-state index in [9.17, 15) is 4.79 Å². The van der Waals surface area contributed by atoms with Crippen LogP contribution in [-0.2, 0) is 11.3 Å². The van der Waals surface area contributed by atoms with Gasteiger partial charge in [-0.15, -0.1) is 11.3 Å². The summed E-state index contributed by atoms with van der Waals surface area (Å²) in [5.74, 6) is -0.307. The van der Waals surface area contributed by atoms with E-state index < -0.39 is 0 Å². The first kappa shape index (κ1) is 19.3. The molecule has 4 nitrogen and oxygen atoms in total. The molecule has 4 rings (SSSR count). The van der Waals surface area contributed by atoms with Gasteiger partial charge in [0, 0.05) is 23.7 Å². The summed E-state index contributed by atoms with van der Waals surface area (Å²) < 4.78 is 9.45. The van der Waals surface area contributed by atoms with Crippen molar-refractivity contribution in [3.8, 4) is 0 Å². The number of halogens is 1. The van der Waals surface area contributed by atoms with Gasteiger partial charge < -0.3 is 9.30 Å². The van der Waals surface area contributed by atoms with E-state index in [1.165, 1.54) is 33.8 Å². The van der Waals surface area contributed by atoms with Gasteiger partial charge in [-0.05, 0) is 37.1 Å². The smallest absolute Gasteiger partial charge is 0.291 e. The van der Waals surface area contributed by atoms with Gasteiger partial charge in [-0.2, -0.15) is 4.99 Å². The molecular weight excluding hydrogens is 412 g/mol. The lowest BCUT2D eigenvalue weighted by molar-refractivity contribution is 0.100. The molecule has 0 bridgehead atoms. The second kappa shape index (κ2) is 7.79. The molecule has 0 spiro atoms. The number of nitrogens with zero attached hydrogens (tertiary/aromatic N) is 2. The summed E-state index contributed by atoms with van der Waals surface area (Å²) in [4.78, 5) is 18.6. The van der Waals surface area contributed by atoms with Crippen molar-refractivity contribution in [3.05, 3.63) is 62.2 Å². The van der Waals surface area contributed by atoms with Crippen LogP contribution in [0.5, 0.6) is 0 Å². The number of fused-ring (bicyclic) bond motifs is 2. The zero-order valence-electron chi connectivity index (χ0n) is 15.8. The van der Waals surface area contributed by atoms with Crippen LogP contribution in [0, 0.1) is 13.8 Å². The second-order valence-electron chi connectivity index (χ2n) is 6.62. The van der Waals surface area contributed by atoms with Gasteiger partial charge in [0.2, 0.25) is 0 Å². The van der Waals surface area contributed by atoms with Crippen LogP contribution in [0.4, 0.5) is 0 Å². The maximum atomic E-state index is 13.0. The molecule has 144 valence electrons. The number of amides is 1. The topological polar surface area (TPSA) is 43.6 Å². The highest BCUT2D eigenvalue weighted by Crippen LogP contribution is 2.35.